The van der Waals surface area contributed by atoms with Crippen LogP contribution in [0, 0.1) is 11.7 Å². The molecule has 3 aromatic rings. The van der Waals surface area contributed by atoms with E-state index in [0.29, 0.717) is 23.9 Å². The van der Waals surface area contributed by atoms with Crippen molar-refractivity contribution in [1.29, 1.82) is 0 Å². The molecule has 3 heterocycles. The van der Waals surface area contributed by atoms with Gasteiger partial charge >= 0.3 is 0 Å². The molecule has 7 nitrogen and oxygen atoms in total. The van der Waals surface area contributed by atoms with Gasteiger partial charge in [0.05, 0.1) is 18.8 Å². The first-order valence-corrected chi connectivity index (χ1v) is 9.98. The number of carbonyl (C=O) groups is 1. The number of benzene rings is 1. The molecule has 1 aliphatic heterocycles. The van der Waals surface area contributed by atoms with Gasteiger partial charge in [0, 0.05) is 6.54 Å². The third-order valence-corrected chi connectivity index (χ3v) is 5.54. The Bertz CT molecular complexity index is 1050. The molecule has 8 heteroatoms. The SMILES string of the molecule is O=C(NOCC1CC1)c1cnc2ccc(N3CCC[C@@H]3c3cccc(F)c3)nn12. The Kier molecular flexibility index (Phi) is 4.63. The number of carbonyl (C=O) groups excluding carboxylic acids is 1. The minimum absolute atomic E-state index is 0.0540. The molecule has 1 aliphatic carbocycles. The van der Waals surface area contributed by atoms with Gasteiger partial charge in [0.1, 0.15) is 11.6 Å². The van der Waals surface area contributed by atoms with E-state index >= 15 is 0 Å². The first-order chi connectivity index (χ1) is 14.2. The van der Waals surface area contributed by atoms with Crippen LogP contribution in [-0.4, -0.2) is 33.7 Å². The maximum absolute atomic E-state index is 13.7. The molecule has 0 unspecified atom stereocenters. The van der Waals surface area contributed by atoms with Crippen molar-refractivity contribution in [3.63, 3.8) is 0 Å². The van der Waals surface area contributed by atoms with Crippen molar-refractivity contribution in [1.82, 2.24) is 20.1 Å². The van der Waals surface area contributed by atoms with Gasteiger partial charge in [0.15, 0.2) is 11.3 Å². The molecule has 1 atom stereocenters. The topological polar surface area (TPSA) is 71.8 Å². The third-order valence-electron chi connectivity index (χ3n) is 5.54. The highest BCUT2D eigenvalue weighted by atomic mass is 19.1. The van der Waals surface area contributed by atoms with E-state index in [1.165, 1.54) is 16.8 Å². The standard InChI is InChI=1S/C21H22FN5O2/c22-16-4-1-3-15(11-16)17-5-2-10-26(17)20-9-8-19-23-12-18(27(19)24-20)21(28)25-29-13-14-6-7-14/h1,3-4,8-9,11-12,14,17H,2,5-7,10,13H2,(H,25,28)/t17-/m1/s1. The maximum atomic E-state index is 13.7. The second-order valence-corrected chi connectivity index (χ2v) is 7.70. The van der Waals surface area contributed by atoms with E-state index in [2.05, 4.69) is 20.5 Å². The molecule has 150 valence electrons. The average molecular weight is 395 g/mol. The normalized spacial score (nSPS) is 19.1. The van der Waals surface area contributed by atoms with Gasteiger partial charge in [-0.15, -0.1) is 5.10 Å². The molecule has 1 saturated carbocycles. The maximum Gasteiger partial charge on any atom is 0.295 e. The van der Waals surface area contributed by atoms with Gasteiger partial charge in [-0.25, -0.2) is 19.4 Å². The zero-order valence-electron chi connectivity index (χ0n) is 15.9. The summed E-state index contributed by atoms with van der Waals surface area (Å²) in [6.07, 6.45) is 5.72. The van der Waals surface area contributed by atoms with Crippen molar-refractivity contribution in [3.05, 3.63) is 59.7 Å². The average Bonchev–Trinajstić information content (AvgIpc) is 3.26. The van der Waals surface area contributed by atoms with Crippen molar-refractivity contribution in [2.45, 2.75) is 31.7 Å². The van der Waals surface area contributed by atoms with Gasteiger partial charge < -0.3 is 4.90 Å². The quantitative estimate of drug-likeness (QED) is 0.649. The minimum atomic E-state index is -0.370. The van der Waals surface area contributed by atoms with Gasteiger partial charge in [-0.05, 0) is 61.4 Å². The van der Waals surface area contributed by atoms with Crippen LogP contribution in [0.5, 0.6) is 0 Å². The third kappa shape index (κ3) is 3.67. The highest BCUT2D eigenvalue weighted by molar-refractivity contribution is 5.92. The van der Waals surface area contributed by atoms with Gasteiger partial charge in [0.2, 0.25) is 0 Å². The number of amides is 1. The fourth-order valence-electron chi connectivity index (χ4n) is 3.83. The highest BCUT2D eigenvalue weighted by Crippen LogP contribution is 2.35. The van der Waals surface area contributed by atoms with E-state index in [1.54, 1.807) is 12.1 Å². The van der Waals surface area contributed by atoms with Gasteiger partial charge in [0.25, 0.3) is 5.91 Å². The number of rotatable bonds is 6. The number of imidazole rings is 1. The number of aromatic nitrogens is 3. The van der Waals surface area contributed by atoms with Crippen LogP contribution in [0.1, 0.15) is 47.8 Å². The highest BCUT2D eigenvalue weighted by Gasteiger charge is 2.28. The summed E-state index contributed by atoms with van der Waals surface area (Å²) >= 11 is 0. The molecule has 29 heavy (non-hydrogen) atoms. The summed E-state index contributed by atoms with van der Waals surface area (Å²) in [6.45, 7) is 1.35. The number of anilines is 1. The van der Waals surface area contributed by atoms with E-state index in [-0.39, 0.29) is 17.8 Å². The lowest BCUT2D eigenvalue weighted by Crippen LogP contribution is -2.27. The zero-order valence-corrected chi connectivity index (χ0v) is 15.9. The van der Waals surface area contributed by atoms with Gasteiger partial charge in [-0.2, -0.15) is 0 Å². The molecule has 0 spiro atoms. The van der Waals surface area contributed by atoms with Crippen molar-refractivity contribution in [3.8, 4) is 0 Å². The lowest BCUT2D eigenvalue weighted by Gasteiger charge is -2.26. The lowest BCUT2D eigenvalue weighted by atomic mass is 10.0. The van der Waals surface area contributed by atoms with Crippen molar-refractivity contribution < 1.29 is 14.0 Å². The monoisotopic (exact) mass is 395 g/mol. The van der Waals surface area contributed by atoms with Crippen molar-refractivity contribution in [2.75, 3.05) is 18.1 Å². The van der Waals surface area contributed by atoms with Crippen LogP contribution < -0.4 is 10.4 Å². The van der Waals surface area contributed by atoms with Crippen LogP contribution >= 0.6 is 0 Å². The summed E-state index contributed by atoms with van der Waals surface area (Å²) in [7, 11) is 0. The lowest BCUT2D eigenvalue weighted by molar-refractivity contribution is 0.0264. The summed E-state index contributed by atoms with van der Waals surface area (Å²) in [5.41, 5.74) is 4.32. The fraction of sp³-hybridized carbons (Fsp3) is 0.381. The number of hydrogen-bond donors (Lipinski definition) is 1. The number of nitrogens with zero attached hydrogens (tertiary/aromatic N) is 4. The van der Waals surface area contributed by atoms with Gasteiger partial charge in [-0.3, -0.25) is 9.63 Å². The molecule has 5 rings (SSSR count). The summed E-state index contributed by atoms with van der Waals surface area (Å²) < 4.78 is 15.2. The van der Waals surface area contributed by atoms with E-state index in [9.17, 15) is 9.18 Å². The molecule has 2 aliphatic rings. The first-order valence-electron chi connectivity index (χ1n) is 9.98. The number of halogens is 1. The van der Waals surface area contributed by atoms with Gasteiger partial charge in [-0.1, -0.05) is 12.1 Å². The number of fused-ring (bicyclic) bond motifs is 1. The number of hydrogen-bond acceptors (Lipinski definition) is 5. The van der Waals surface area contributed by atoms with E-state index in [4.69, 9.17) is 4.84 Å². The molecule has 1 N–H and O–H groups in total. The molecule has 0 radical (unpaired) electrons. The molecule has 1 saturated heterocycles. The molecule has 2 aromatic heterocycles. The fourth-order valence-corrected chi connectivity index (χ4v) is 3.83. The Labute approximate surface area is 167 Å². The molecule has 2 fully saturated rings. The van der Waals surface area contributed by atoms with E-state index in [0.717, 1.165) is 43.6 Å². The molecule has 1 amide bonds. The van der Waals surface area contributed by atoms with Crippen LogP contribution in [0.4, 0.5) is 10.2 Å². The first kappa shape index (κ1) is 18.1. The van der Waals surface area contributed by atoms with Crippen molar-refractivity contribution in [2.24, 2.45) is 5.92 Å². The molecular weight excluding hydrogens is 373 g/mol. The Balaban J connectivity index is 1.40. The Morgan fingerprint density at radius 1 is 1.24 bits per heavy atom. The summed E-state index contributed by atoms with van der Waals surface area (Å²) in [5, 5.41) is 4.66. The van der Waals surface area contributed by atoms with E-state index in [1.807, 2.05) is 18.2 Å². The summed E-state index contributed by atoms with van der Waals surface area (Å²) in [5.74, 6) is 0.677. The predicted molar refractivity (Wildman–Crippen MR) is 105 cm³/mol. The predicted octanol–water partition coefficient (Wildman–Crippen LogP) is 3.28. The Hall–Kier alpha value is -3.00. The second-order valence-electron chi connectivity index (χ2n) is 7.70. The smallest absolute Gasteiger partial charge is 0.295 e. The molecule has 0 bridgehead atoms. The zero-order chi connectivity index (χ0) is 19.8. The van der Waals surface area contributed by atoms with Crippen molar-refractivity contribution >= 4 is 17.4 Å². The number of hydroxylamine groups is 1. The minimum Gasteiger partial charge on any atom is -0.348 e. The Morgan fingerprint density at radius 3 is 2.97 bits per heavy atom. The summed E-state index contributed by atoms with van der Waals surface area (Å²) in [4.78, 5) is 24.2. The molecule has 1 aromatic carbocycles. The van der Waals surface area contributed by atoms with Crippen LogP contribution in [0.2, 0.25) is 0 Å². The largest absolute Gasteiger partial charge is 0.348 e. The van der Waals surface area contributed by atoms with Crippen LogP contribution in [-0.2, 0) is 4.84 Å². The van der Waals surface area contributed by atoms with E-state index < -0.39 is 0 Å². The summed E-state index contributed by atoms with van der Waals surface area (Å²) in [6, 6.07) is 10.5. The Morgan fingerprint density at radius 2 is 2.14 bits per heavy atom. The molecular formula is C21H22FN5O2. The second kappa shape index (κ2) is 7.44. The van der Waals surface area contributed by atoms with Crippen LogP contribution in [0.15, 0.2) is 42.6 Å². The van der Waals surface area contributed by atoms with Crippen LogP contribution in [0.25, 0.3) is 5.65 Å². The number of nitrogens with one attached hydrogen (secondary N) is 1. The van der Waals surface area contributed by atoms with Crippen LogP contribution in [0.3, 0.4) is 0 Å².